The molecule has 7 nitrogen and oxygen atoms in total. The van der Waals surface area contributed by atoms with Crippen LogP contribution in [0.15, 0.2) is 42.6 Å². The number of halogens is 1. The summed E-state index contributed by atoms with van der Waals surface area (Å²) in [4.78, 5) is 34.1. The van der Waals surface area contributed by atoms with Crippen LogP contribution in [0.5, 0.6) is 0 Å². The maximum Gasteiger partial charge on any atom is 0.339 e. The molecule has 0 bridgehead atoms. The van der Waals surface area contributed by atoms with Gasteiger partial charge >= 0.3 is 5.97 Å². The number of rotatable bonds is 5. The molecular weight excluding hydrogens is 430 g/mol. The predicted molar refractivity (Wildman–Crippen MR) is 122 cm³/mol. The van der Waals surface area contributed by atoms with Gasteiger partial charge in [0.25, 0.3) is 0 Å². The van der Waals surface area contributed by atoms with Gasteiger partial charge < -0.3 is 19.3 Å². The number of amides is 1. The molecule has 4 rings (SSSR count). The average molecular weight is 458 g/mol. The van der Waals surface area contributed by atoms with E-state index in [9.17, 15) is 9.59 Å². The Bertz CT molecular complexity index is 935. The van der Waals surface area contributed by atoms with E-state index in [0.717, 1.165) is 11.4 Å². The average Bonchev–Trinajstić information content (AvgIpc) is 2.85. The van der Waals surface area contributed by atoms with Crippen LogP contribution in [0.1, 0.15) is 35.7 Å². The molecule has 2 aliphatic heterocycles. The largest absolute Gasteiger partial charge is 0.462 e. The molecule has 0 aliphatic carbocycles. The van der Waals surface area contributed by atoms with Crippen molar-refractivity contribution in [3.8, 4) is 0 Å². The van der Waals surface area contributed by atoms with Crippen LogP contribution in [0.25, 0.3) is 0 Å². The van der Waals surface area contributed by atoms with Gasteiger partial charge in [-0.05, 0) is 49.6 Å². The first-order chi connectivity index (χ1) is 15.5. The number of hydrogen-bond acceptors (Lipinski definition) is 6. The summed E-state index contributed by atoms with van der Waals surface area (Å²) in [6.45, 7) is 5.87. The summed E-state index contributed by atoms with van der Waals surface area (Å²) in [7, 11) is 0. The van der Waals surface area contributed by atoms with Crippen LogP contribution in [-0.4, -0.2) is 67.8 Å². The van der Waals surface area contributed by atoms with E-state index >= 15 is 0 Å². The molecular formula is C24H28ClN3O4. The van der Waals surface area contributed by atoms with Crippen molar-refractivity contribution in [2.24, 2.45) is 0 Å². The van der Waals surface area contributed by atoms with Gasteiger partial charge in [-0.15, -0.1) is 0 Å². The molecule has 0 N–H and O–H groups in total. The van der Waals surface area contributed by atoms with Gasteiger partial charge in [-0.3, -0.25) is 4.79 Å². The Balaban J connectivity index is 1.44. The minimum atomic E-state index is -0.565. The van der Waals surface area contributed by atoms with Gasteiger partial charge in [0.1, 0.15) is 5.82 Å². The van der Waals surface area contributed by atoms with Crippen LogP contribution in [0.3, 0.4) is 0 Å². The number of anilines is 1. The van der Waals surface area contributed by atoms with E-state index in [1.165, 1.54) is 0 Å². The van der Waals surface area contributed by atoms with Crippen LogP contribution in [-0.2, 0) is 19.7 Å². The van der Waals surface area contributed by atoms with Crippen LogP contribution in [0.2, 0.25) is 5.02 Å². The second-order valence-electron chi connectivity index (χ2n) is 8.11. The van der Waals surface area contributed by atoms with E-state index in [0.29, 0.717) is 69.4 Å². The highest BCUT2D eigenvalue weighted by atomic mass is 35.5. The highest BCUT2D eigenvalue weighted by Gasteiger charge is 2.44. The molecule has 8 heteroatoms. The van der Waals surface area contributed by atoms with E-state index < -0.39 is 5.41 Å². The summed E-state index contributed by atoms with van der Waals surface area (Å²) in [5.41, 5.74) is 0.882. The fourth-order valence-corrected chi connectivity index (χ4v) is 4.59. The van der Waals surface area contributed by atoms with E-state index in [1.807, 2.05) is 35.2 Å². The van der Waals surface area contributed by atoms with Gasteiger partial charge in [-0.2, -0.15) is 0 Å². The highest BCUT2D eigenvalue weighted by Crippen LogP contribution is 2.37. The minimum absolute atomic E-state index is 0.161. The summed E-state index contributed by atoms with van der Waals surface area (Å²) in [5.74, 6) is 0.586. The Morgan fingerprint density at radius 1 is 1.06 bits per heavy atom. The van der Waals surface area contributed by atoms with Crippen LogP contribution < -0.4 is 4.90 Å². The lowest BCUT2D eigenvalue weighted by atomic mass is 9.73. The first kappa shape index (κ1) is 22.6. The Labute approximate surface area is 193 Å². The molecule has 2 aromatic rings. The third kappa shape index (κ3) is 4.59. The molecule has 2 saturated heterocycles. The zero-order valence-corrected chi connectivity index (χ0v) is 19.0. The zero-order chi connectivity index (χ0) is 22.6. The van der Waals surface area contributed by atoms with Gasteiger partial charge in [0.15, 0.2) is 0 Å². The third-order valence-electron chi connectivity index (χ3n) is 6.30. The summed E-state index contributed by atoms with van der Waals surface area (Å²) in [5, 5.41) is 0.665. The number of ether oxygens (including phenoxy) is 2. The number of piperazine rings is 1. The van der Waals surface area contributed by atoms with E-state index in [4.69, 9.17) is 21.1 Å². The van der Waals surface area contributed by atoms with E-state index in [-0.39, 0.29) is 11.9 Å². The fourth-order valence-electron chi connectivity index (χ4n) is 4.46. The van der Waals surface area contributed by atoms with Gasteiger partial charge in [0.05, 0.1) is 17.6 Å². The summed E-state index contributed by atoms with van der Waals surface area (Å²) in [6, 6.07) is 11.2. The third-order valence-corrected chi connectivity index (χ3v) is 6.55. The summed E-state index contributed by atoms with van der Waals surface area (Å²) >= 11 is 6.08. The van der Waals surface area contributed by atoms with Crippen molar-refractivity contribution in [3.05, 3.63) is 58.7 Å². The van der Waals surface area contributed by atoms with Crippen molar-refractivity contribution in [2.75, 3.05) is 50.9 Å². The first-order valence-corrected chi connectivity index (χ1v) is 11.4. The number of esters is 1. The lowest BCUT2D eigenvalue weighted by Crippen LogP contribution is -2.56. The van der Waals surface area contributed by atoms with Crippen LogP contribution >= 0.6 is 11.6 Å². The molecule has 32 heavy (non-hydrogen) atoms. The highest BCUT2D eigenvalue weighted by molar-refractivity contribution is 6.30. The first-order valence-electron chi connectivity index (χ1n) is 11.0. The Hall–Kier alpha value is -2.64. The topological polar surface area (TPSA) is 72.0 Å². The van der Waals surface area contributed by atoms with Crippen LogP contribution in [0.4, 0.5) is 5.82 Å². The van der Waals surface area contributed by atoms with Crippen LogP contribution in [0, 0.1) is 0 Å². The van der Waals surface area contributed by atoms with Crippen molar-refractivity contribution < 1.29 is 19.1 Å². The molecule has 2 fully saturated rings. The number of nitrogens with zero attached hydrogens (tertiary/aromatic N) is 3. The molecule has 0 radical (unpaired) electrons. The normalized spacial score (nSPS) is 18.3. The summed E-state index contributed by atoms with van der Waals surface area (Å²) in [6.07, 6.45) is 2.89. The molecule has 1 amide bonds. The number of carbonyl (C=O) groups is 2. The molecule has 0 unspecified atom stereocenters. The molecule has 3 heterocycles. The van der Waals surface area contributed by atoms with E-state index in [1.54, 1.807) is 19.2 Å². The smallest absolute Gasteiger partial charge is 0.339 e. The minimum Gasteiger partial charge on any atom is -0.462 e. The number of benzene rings is 1. The quantitative estimate of drug-likeness (QED) is 0.641. The van der Waals surface area contributed by atoms with Gasteiger partial charge in [0, 0.05) is 50.6 Å². The van der Waals surface area contributed by atoms with Crippen molar-refractivity contribution in [2.45, 2.75) is 25.2 Å². The zero-order valence-electron chi connectivity index (χ0n) is 18.3. The van der Waals surface area contributed by atoms with Crippen molar-refractivity contribution in [3.63, 3.8) is 0 Å². The molecule has 1 aromatic heterocycles. The number of hydrogen-bond donors (Lipinski definition) is 0. The molecule has 2 aliphatic rings. The molecule has 170 valence electrons. The predicted octanol–water partition coefficient (Wildman–Crippen LogP) is 3.31. The molecule has 0 atom stereocenters. The molecule has 0 saturated carbocycles. The standard InChI is InChI=1S/C24H28ClN3O4/c1-2-32-22(29)18-3-8-21(26-17-18)27-11-13-28(14-12-27)23(30)24(9-15-31-16-10-24)19-4-6-20(25)7-5-19/h3-8,17H,2,9-16H2,1H3. The van der Waals surface area contributed by atoms with Gasteiger partial charge in [-0.25, -0.2) is 9.78 Å². The van der Waals surface area contributed by atoms with Crippen molar-refractivity contribution in [1.29, 1.82) is 0 Å². The lowest BCUT2D eigenvalue weighted by molar-refractivity contribution is -0.141. The van der Waals surface area contributed by atoms with Crippen molar-refractivity contribution >= 4 is 29.3 Å². The van der Waals surface area contributed by atoms with E-state index in [2.05, 4.69) is 9.88 Å². The monoisotopic (exact) mass is 457 g/mol. The second-order valence-corrected chi connectivity index (χ2v) is 8.54. The Morgan fingerprint density at radius 3 is 2.34 bits per heavy atom. The van der Waals surface area contributed by atoms with Gasteiger partial charge in [0.2, 0.25) is 5.91 Å². The second kappa shape index (κ2) is 9.88. The number of aromatic nitrogens is 1. The lowest BCUT2D eigenvalue weighted by Gasteiger charge is -2.43. The SMILES string of the molecule is CCOC(=O)c1ccc(N2CCN(C(=O)C3(c4ccc(Cl)cc4)CCOCC3)CC2)nc1. The number of carbonyl (C=O) groups excluding carboxylic acids is 2. The summed E-state index contributed by atoms with van der Waals surface area (Å²) < 4.78 is 10.6. The Morgan fingerprint density at radius 2 is 1.75 bits per heavy atom. The molecule has 0 spiro atoms. The maximum absolute atomic E-state index is 13.7. The Kier molecular flexibility index (Phi) is 6.96. The van der Waals surface area contributed by atoms with Crippen molar-refractivity contribution in [1.82, 2.24) is 9.88 Å². The van der Waals surface area contributed by atoms with Gasteiger partial charge in [-0.1, -0.05) is 23.7 Å². The fraction of sp³-hybridized carbons (Fsp3) is 0.458. The maximum atomic E-state index is 13.7. The molecule has 1 aromatic carbocycles. The number of pyridine rings is 1.